The van der Waals surface area contributed by atoms with Crippen LogP contribution in [0.1, 0.15) is 51.7 Å². The minimum Gasteiger partial charge on any atom is -0.354 e. The zero-order valence-electron chi connectivity index (χ0n) is 21.3. The van der Waals surface area contributed by atoms with Gasteiger partial charge in [-0.2, -0.15) is 0 Å². The molecule has 35 heavy (non-hydrogen) atoms. The fraction of sp³-hybridized carbons (Fsp3) is 0.462. The molecule has 2 aromatic carbocycles. The summed E-state index contributed by atoms with van der Waals surface area (Å²) in [6, 6.07) is 13.8. The van der Waals surface area contributed by atoms with Crippen LogP contribution in [0.4, 0.5) is 5.69 Å². The van der Waals surface area contributed by atoms with E-state index in [9.17, 15) is 18.0 Å². The molecule has 0 aliphatic heterocycles. The van der Waals surface area contributed by atoms with Crippen LogP contribution in [-0.4, -0.2) is 50.5 Å². The molecule has 0 bridgehead atoms. The highest BCUT2D eigenvalue weighted by atomic mass is 79.9. The molecule has 0 aliphatic carbocycles. The standard InChI is InChI=1S/C26H36BrN3O4S/c1-18(2)15-28-26(32)20(5)29(16-21-7-11-23(27)12-8-21)25(31)17-30(35(6,33)34)24-13-9-22(10-14-24)19(3)4/h7-14,18-20H,15-17H2,1-6H3,(H,28,32). The van der Waals surface area contributed by atoms with Gasteiger partial charge in [-0.05, 0) is 54.2 Å². The first-order valence-corrected chi connectivity index (χ1v) is 14.3. The Kier molecular flexibility index (Phi) is 10.3. The molecule has 1 unspecified atom stereocenters. The zero-order valence-corrected chi connectivity index (χ0v) is 23.7. The van der Waals surface area contributed by atoms with Gasteiger partial charge in [0, 0.05) is 17.6 Å². The van der Waals surface area contributed by atoms with Crippen molar-refractivity contribution in [2.45, 2.75) is 53.1 Å². The van der Waals surface area contributed by atoms with Gasteiger partial charge in [-0.3, -0.25) is 13.9 Å². The monoisotopic (exact) mass is 565 g/mol. The Labute approximate surface area is 218 Å². The number of hydrogen-bond acceptors (Lipinski definition) is 4. The van der Waals surface area contributed by atoms with Crippen molar-refractivity contribution in [3.05, 3.63) is 64.1 Å². The lowest BCUT2D eigenvalue weighted by molar-refractivity contribution is -0.139. The molecule has 1 atom stereocenters. The molecule has 0 radical (unpaired) electrons. The molecule has 0 saturated heterocycles. The number of nitrogens with one attached hydrogen (secondary N) is 1. The fourth-order valence-corrected chi connectivity index (χ4v) is 4.57. The molecule has 2 aromatic rings. The van der Waals surface area contributed by atoms with Crippen molar-refractivity contribution in [2.75, 3.05) is 23.7 Å². The summed E-state index contributed by atoms with van der Waals surface area (Å²) in [6.07, 6.45) is 1.08. The van der Waals surface area contributed by atoms with Crippen LogP contribution in [0.25, 0.3) is 0 Å². The van der Waals surface area contributed by atoms with Crippen LogP contribution in [0.15, 0.2) is 53.0 Å². The van der Waals surface area contributed by atoms with Crippen LogP contribution in [0.2, 0.25) is 0 Å². The van der Waals surface area contributed by atoms with Crippen molar-refractivity contribution in [3.63, 3.8) is 0 Å². The van der Waals surface area contributed by atoms with Crippen LogP contribution in [0.3, 0.4) is 0 Å². The van der Waals surface area contributed by atoms with Crippen LogP contribution < -0.4 is 9.62 Å². The molecule has 0 fully saturated rings. The van der Waals surface area contributed by atoms with Crippen molar-refractivity contribution in [2.24, 2.45) is 5.92 Å². The minimum atomic E-state index is -3.75. The first kappa shape index (κ1) is 28.8. The molecule has 9 heteroatoms. The van der Waals surface area contributed by atoms with Gasteiger partial charge in [-0.1, -0.05) is 67.9 Å². The van der Waals surface area contributed by atoms with Gasteiger partial charge < -0.3 is 10.2 Å². The summed E-state index contributed by atoms with van der Waals surface area (Å²) in [5, 5.41) is 2.87. The molecule has 0 aromatic heterocycles. The maximum absolute atomic E-state index is 13.5. The summed E-state index contributed by atoms with van der Waals surface area (Å²) in [7, 11) is -3.75. The lowest BCUT2D eigenvalue weighted by Crippen LogP contribution is -2.51. The van der Waals surface area contributed by atoms with E-state index in [0.29, 0.717) is 18.2 Å². The average molecular weight is 567 g/mol. The summed E-state index contributed by atoms with van der Waals surface area (Å²) in [4.78, 5) is 27.8. The van der Waals surface area contributed by atoms with Gasteiger partial charge in [-0.25, -0.2) is 8.42 Å². The molecule has 0 saturated carbocycles. The van der Waals surface area contributed by atoms with E-state index < -0.39 is 28.5 Å². The number of carbonyl (C=O) groups is 2. The number of rotatable bonds is 11. The lowest BCUT2D eigenvalue weighted by atomic mass is 10.0. The fourth-order valence-electron chi connectivity index (χ4n) is 3.46. The molecular weight excluding hydrogens is 530 g/mol. The minimum absolute atomic E-state index is 0.173. The van der Waals surface area contributed by atoms with Gasteiger partial charge in [0.1, 0.15) is 12.6 Å². The largest absolute Gasteiger partial charge is 0.354 e. The number of carbonyl (C=O) groups excluding carboxylic acids is 2. The van der Waals surface area contributed by atoms with Crippen LogP contribution in [0, 0.1) is 5.92 Å². The molecule has 2 rings (SSSR count). The number of nitrogens with zero attached hydrogens (tertiary/aromatic N) is 2. The van der Waals surface area contributed by atoms with Crippen LogP contribution in [0.5, 0.6) is 0 Å². The maximum atomic E-state index is 13.5. The highest BCUT2D eigenvalue weighted by Crippen LogP contribution is 2.23. The molecule has 0 heterocycles. The summed E-state index contributed by atoms with van der Waals surface area (Å²) in [5.74, 6) is -0.185. The number of hydrogen-bond donors (Lipinski definition) is 1. The number of amides is 2. The van der Waals surface area contributed by atoms with E-state index in [1.54, 1.807) is 19.1 Å². The van der Waals surface area contributed by atoms with Crippen molar-refractivity contribution < 1.29 is 18.0 Å². The first-order valence-electron chi connectivity index (χ1n) is 11.7. The quantitative estimate of drug-likeness (QED) is 0.433. The van der Waals surface area contributed by atoms with Gasteiger partial charge in [0.25, 0.3) is 0 Å². The number of sulfonamides is 1. The zero-order chi connectivity index (χ0) is 26.3. The second-order valence-corrected chi connectivity index (χ2v) is 12.3. The third kappa shape index (κ3) is 8.65. The normalized spacial score (nSPS) is 12.5. The predicted molar refractivity (Wildman–Crippen MR) is 145 cm³/mol. The molecule has 7 nitrogen and oxygen atoms in total. The molecule has 0 spiro atoms. The summed E-state index contributed by atoms with van der Waals surface area (Å²) < 4.78 is 27.3. The number of benzene rings is 2. The van der Waals surface area contributed by atoms with Gasteiger partial charge >= 0.3 is 0 Å². The van der Waals surface area contributed by atoms with Crippen molar-refractivity contribution >= 4 is 43.5 Å². The Bertz CT molecular complexity index is 1100. The summed E-state index contributed by atoms with van der Waals surface area (Å²) >= 11 is 3.40. The molecule has 2 amide bonds. The van der Waals surface area contributed by atoms with E-state index >= 15 is 0 Å². The van der Waals surface area contributed by atoms with E-state index in [-0.39, 0.29) is 18.4 Å². The van der Waals surface area contributed by atoms with Crippen molar-refractivity contribution in [1.29, 1.82) is 0 Å². The highest BCUT2D eigenvalue weighted by molar-refractivity contribution is 9.10. The van der Waals surface area contributed by atoms with Crippen LogP contribution in [-0.2, 0) is 26.2 Å². The molecule has 1 N–H and O–H groups in total. The van der Waals surface area contributed by atoms with E-state index in [0.717, 1.165) is 26.2 Å². The smallest absolute Gasteiger partial charge is 0.244 e. The van der Waals surface area contributed by atoms with Crippen molar-refractivity contribution in [1.82, 2.24) is 10.2 Å². The average Bonchev–Trinajstić information content (AvgIpc) is 2.79. The summed E-state index contributed by atoms with van der Waals surface area (Å²) in [6.45, 7) is 10.0. The van der Waals surface area contributed by atoms with E-state index in [1.807, 2.05) is 50.2 Å². The maximum Gasteiger partial charge on any atom is 0.244 e. The predicted octanol–water partition coefficient (Wildman–Crippen LogP) is 4.53. The topological polar surface area (TPSA) is 86.8 Å². The van der Waals surface area contributed by atoms with E-state index in [4.69, 9.17) is 0 Å². The number of halogens is 1. The highest BCUT2D eigenvalue weighted by Gasteiger charge is 2.30. The van der Waals surface area contributed by atoms with E-state index in [1.165, 1.54) is 4.90 Å². The third-order valence-corrected chi connectivity index (χ3v) is 7.31. The van der Waals surface area contributed by atoms with E-state index in [2.05, 4.69) is 35.1 Å². The van der Waals surface area contributed by atoms with Crippen molar-refractivity contribution in [3.8, 4) is 0 Å². The second kappa shape index (κ2) is 12.5. The molecule has 0 aliphatic rings. The van der Waals surface area contributed by atoms with Gasteiger partial charge in [-0.15, -0.1) is 0 Å². The molecule has 192 valence electrons. The van der Waals surface area contributed by atoms with Gasteiger partial charge in [0.05, 0.1) is 11.9 Å². The SMILES string of the molecule is CC(C)CNC(=O)C(C)N(Cc1ccc(Br)cc1)C(=O)CN(c1ccc(C(C)C)cc1)S(C)(=O)=O. The Morgan fingerprint density at radius 3 is 2.00 bits per heavy atom. The first-order chi connectivity index (χ1) is 16.3. The second-order valence-electron chi connectivity index (χ2n) is 9.48. The molecular formula is C26H36BrN3O4S. The number of anilines is 1. The van der Waals surface area contributed by atoms with Gasteiger partial charge in [0.2, 0.25) is 21.8 Å². The van der Waals surface area contributed by atoms with Crippen LogP contribution >= 0.6 is 15.9 Å². The Balaban J connectivity index is 2.35. The Morgan fingerprint density at radius 2 is 1.51 bits per heavy atom. The van der Waals surface area contributed by atoms with Gasteiger partial charge in [0.15, 0.2) is 0 Å². The summed E-state index contributed by atoms with van der Waals surface area (Å²) in [5.41, 5.74) is 2.31. The Hall–Kier alpha value is -2.39. The Morgan fingerprint density at radius 1 is 0.943 bits per heavy atom. The lowest BCUT2D eigenvalue weighted by Gasteiger charge is -2.31. The third-order valence-electron chi connectivity index (χ3n) is 5.64.